The molecule has 0 fully saturated rings. The molecule has 1 unspecified atom stereocenters. The first kappa shape index (κ1) is 23.0. The first-order valence-electron chi connectivity index (χ1n) is 8.10. The van der Waals surface area contributed by atoms with Crippen molar-refractivity contribution < 1.29 is 31.1 Å². The lowest BCUT2D eigenvalue weighted by Crippen LogP contribution is -2.23. The van der Waals surface area contributed by atoms with Crippen LogP contribution in [-0.2, 0) is 14.8 Å². The normalized spacial score (nSPS) is 13.2. The molecule has 0 aliphatic heterocycles. The maximum Gasteiger partial charge on any atom is 0.573 e. The molecule has 2 aromatic rings. The maximum absolute atomic E-state index is 12.3. The molecule has 0 bridgehead atoms. The molecule has 0 radical (unpaired) electrons. The molecule has 158 valence electrons. The van der Waals surface area contributed by atoms with Crippen LogP contribution in [0, 0.1) is 0 Å². The summed E-state index contributed by atoms with van der Waals surface area (Å²) in [4.78, 5) is 16.4. The van der Waals surface area contributed by atoms with Gasteiger partial charge in [0.2, 0.25) is 15.9 Å². The van der Waals surface area contributed by atoms with Crippen molar-refractivity contribution >= 4 is 33.4 Å². The standard InChI is InChI=1S/C17H18F3N3O4S2/c1-11(28-15-9-8-14(10-21-15)29(25,26)23(2)3)16(24)22-12-4-6-13(7-5-12)27-17(18,19)20/h4-11H,1-3H3,(H,22,24). The number of anilines is 1. The molecule has 1 N–H and O–H groups in total. The summed E-state index contributed by atoms with van der Waals surface area (Å²) in [7, 11) is -0.775. The third-order valence-corrected chi connectivity index (χ3v) is 6.36. The minimum absolute atomic E-state index is 0.0325. The molecule has 0 saturated carbocycles. The van der Waals surface area contributed by atoms with E-state index in [1.165, 1.54) is 44.6 Å². The van der Waals surface area contributed by atoms with E-state index in [0.29, 0.717) is 10.7 Å². The summed E-state index contributed by atoms with van der Waals surface area (Å²) in [5.74, 6) is -0.791. The van der Waals surface area contributed by atoms with E-state index in [1.54, 1.807) is 6.92 Å². The lowest BCUT2D eigenvalue weighted by atomic mass is 10.3. The number of nitrogens with zero attached hydrogens (tertiary/aromatic N) is 2. The molecule has 0 aliphatic rings. The van der Waals surface area contributed by atoms with Gasteiger partial charge in [-0.25, -0.2) is 17.7 Å². The number of aromatic nitrogens is 1. The van der Waals surface area contributed by atoms with Gasteiger partial charge in [0.15, 0.2) is 0 Å². The zero-order valence-electron chi connectivity index (χ0n) is 15.6. The van der Waals surface area contributed by atoms with Crippen LogP contribution >= 0.6 is 11.8 Å². The van der Waals surface area contributed by atoms with E-state index in [1.807, 2.05) is 0 Å². The summed E-state index contributed by atoms with van der Waals surface area (Å²) in [6.45, 7) is 1.62. The van der Waals surface area contributed by atoms with Crippen molar-refractivity contribution in [3.8, 4) is 5.75 Å². The van der Waals surface area contributed by atoms with Crippen LogP contribution in [0.5, 0.6) is 5.75 Å². The van der Waals surface area contributed by atoms with Gasteiger partial charge in [0.05, 0.1) is 10.3 Å². The number of carbonyl (C=O) groups is 1. The predicted molar refractivity (Wildman–Crippen MR) is 102 cm³/mol. The third kappa shape index (κ3) is 6.61. The Balaban J connectivity index is 1.97. The molecule has 29 heavy (non-hydrogen) atoms. The number of sulfonamides is 1. The SMILES string of the molecule is CC(Sc1ccc(S(=O)(=O)N(C)C)cn1)C(=O)Nc1ccc(OC(F)(F)F)cc1. The number of hydrogen-bond acceptors (Lipinski definition) is 6. The minimum atomic E-state index is -4.79. The molecule has 1 heterocycles. The van der Waals surface area contributed by atoms with Gasteiger partial charge in [0.1, 0.15) is 10.6 Å². The monoisotopic (exact) mass is 449 g/mol. The lowest BCUT2D eigenvalue weighted by molar-refractivity contribution is -0.274. The average molecular weight is 449 g/mol. The third-order valence-electron chi connectivity index (χ3n) is 3.51. The Morgan fingerprint density at radius 2 is 1.79 bits per heavy atom. The van der Waals surface area contributed by atoms with Crippen molar-refractivity contribution in [2.24, 2.45) is 0 Å². The fourth-order valence-corrected chi connectivity index (χ4v) is 3.65. The molecule has 2 rings (SSSR count). The number of amides is 1. The van der Waals surface area contributed by atoms with Gasteiger partial charge < -0.3 is 10.1 Å². The van der Waals surface area contributed by atoms with Crippen LogP contribution in [0.1, 0.15) is 6.92 Å². The van der Waals surface area contributed by atoms with Crippen molar-refractivity contribution in [1.82, 2.24) is 9.29 Å². The number of benzene rings is 1. The highest BCUT2D eigenvalue weighted by atomic mass is 32.2. The maximum atomic E-state index is 12.3. The van der Waals surface area contributed by atoms with Gasteiger partial charge in [-0.3, -0.25) is 4.79 Å². The van der Waals surface area contributed by atoms with Crippen molar-refractivity contribution in [3.05, 3.63) is 42.6 Å². The number of rotatable bonds is 7. The van der Waals surface area contributed by atoms with Gasteiger partial charge in [0.25, 0.3) is 0 Å². The highest BCUT2D eigenvalue weighted by Crippen LogP contribution is 2.26. The average Bonchev–Trinajstić information content (AvgIpc) is 2.62. The molecule has 1 atom stereocenters. The summed E-state index contributed by atoms with van der Waals surface area (Å²) in [6.07, 6.45) is -3.58. The number of hydrogen-bond donors (Lipinski definition) is 1. The second kappa shape index (κ2) is 9.01. The number of nitrogens with one attached hydrogen (secondary N) is 1. The number of pyridine rings is 1. The Labute approximate surface area is 170 Å². The highest BCUT2D eigenvalue weighted by molar-refractivity contribution is 8.00. The highest BCUT2D eigenvalue weighted by Gasteiger charge is 2.31. The molecular weight excluding hydrogens is 431 g/mol. The Kier molecular flexibility index (Phi) is 7.14. The molecule has 1 aromatic carbocycles. The zero-order valence-corrected chi connectivity index (χ0v) is 17.2. The lowest BCUT2D eigenvalue weighted by Gasteiger charge is -2.14. The summed E-state index contributed by atoms with van der Waals surface area (Å²) in [5.41, 5.74) is 0.303. The van der Waals surface area contributed by atoms with Crippen molar-refractivity contribution in [1.29, 1.82) is 0 Å². The summed E-state index contributed by atoms with van der Waals surface area (Å²) >= 11 is 1.10. The van der Waals surface area contributed by atoms with Crippen LogP contribution in [0.4, 0.5) is 18.9 Å². The largest absolute Gasteiger partial charge is 0.573 e. The molecule has 0 aliphatic carbocycles. The second-order valence-electron chi connectivity index (χ2n) is 5.94. The van der Waals surface area contributed by atoms with Crippen LogP contribution in [0.3, 0.4) is 0 Å². The van der Waals surface area contributed by atoms with Crippen LogP contribution in [0.25, 0.3) is 0 Å². The van der Waals surface area contributed by atoms with Crippen LogP contribution in [0.2, 0.25) is 0 Å². The van der Waals surface area contributed by atoms with Crippen molar-refractivity contribution in [2.45, 2.75) is 28.5 Å². The predicted octanol–water partition coefficient (Wildman–Crippen LogP) is 3.35. The topological polar surface area (TPSA) is 88.6 Å². The second-order valence-corrected chi connectivity index (χ2v) is 9.45. The fourth-order valence-electron chi connectivity index (χ4n) is 2.02. The molecule has 0 saturated heterocycles. The van der Waals surface area contributed by atoms with Gasteiger partial charge in [-0.05, 0) is 43.3 Å². The van der Waals surface area contributed by atoms with Crippen molar-refractivity contribution in [2.75, 3.05) is 19.4 Å². The smallest absolute Gasteiger partial charge is 0.406 e. The molecule has 7 nitrogen and oxygen atoms in total. The Bertz CT molecular complexity index is 947. The molecule has 1 aromatic heterocycles. The summed E-state index contributed by atoms with van der Waals surface area (Å²) in [5, 5.41) is 2.43. The first-order chi connectivity index (χ1) is 13.4. The number of thioether (sulfide) groups is 1. The zero-order chi connectivity index (χ0) is 21.8. The first-order valence-corrected chi connectivity index (χ1v) is 10.4. The molecule has 0 spiro atoms. The van der Waals surface area contributed by atoms with Gasteiger partial charge in [-0.15, -0.1) is 13.2 Å². The van der Waals surface area contributed by atoms with Crippen LogP contribution in [-0.4, -0.2) is 49.3 Å². The van der Waals surface area contributed by atoms with Gasteiger partial charge in [-0.2, -0.15) is 0 Å². The van der Waals surface area contributed by atoms with E-state index in [4.69, 9.17) is 0 Å². The van der Waals surface area contributed by atoms with E-state index < -0.39 is 33.3 Å². The van der Waals surface area contributed by atoms with E-state index in [9.17, 15) is 26.4 Å². The van der Waals surface area contributed by atoms with E-state index in [2.05, 4.69) is 15.0 Å². The fraction of sp³-hybridized carbons (Fsp3) is 0.294. The van der Waals surface area contributed by atoms with E-state index in [0.717, 1.165) is 28.2 Å². The van der Waals surface area contributed by atoms with Crippen LogP contribution < -0.4 is 10.1 Å². The van der Waals surface area contributed by atoms with Crippen molar-refractivity contribution in [3.63, 3.8) is 0 Å². The molecule has 1 amide bonds. The van der Waals surface area contributed by atoms with Gasteiger partial charge >= 0.3 is 6.36 Å². The molecule has 12 heteroatoms. The Morgan fingerprint density at radius 3 is 2.28 bits per heavy atom. The summed E-state index contributed by atoms with van der Waals surface area (Å²) in [6, 6.07) is 7.65. The van der Waals surface area contributed by atoms with E-state index >= 15 is 0 Å². The van der Waals surface area contributed by atoms with E-state index in [-0.39, 0.29) is 4.90 Å². The van der Waals surface area contributed by atoms with Gasteiger partial charge in [-0.1, -0.05) is 11.8 Å². The number of carbonyl (C=O) groups excluding carboxylic acids is 1. The van der Waals surface area contributed by atoms with Gasteiger partial charge in [0, 0.05) is 26.0 Å². The molecular formula is C17H18F3N3O4S2. The number of halogens is 3. The minimum Gasteiger partial charge on any atom is -0.406 e. The number of alkyl halides is 3. The Hall–Kier alpha value is -2.31. The Morgan fingerprint density at radius 1 is 1.17 bits per heavy atom. The number of ether oxygens (including phenoxy) is 1. The van der Waals surface area contributed by atoms with Crippen LogP contribution in [0.15, 0.2) is 52.5 Å². The quantitative estimate of drug-likeness (QED) is 0.653. The summed E-state index contributed by atoms with van der Waals surface area (Å²) < 4.78 is 65.3.